The van der Waals surface area contributed by atoms with Crippen LogP contribution in [0.2, 0.25) is 0 Å². The molecule has 0 bridgehead atoms. The van der Waals surface area contributed by atoms with Crippen LogP contribution in [-0.4, -0.2) is 34.2 Å². The lowest BCUT2D eigenvalue weighted by molar-refractivity contribution is -0.385. The van der Waals surface area contributed by atoms with Crippen LogP contribution in [0.5, 0.6) is 0 Å². The Kier molecular flexibility index (Phi) is 3.47. The summed E-state index contributed by atoms with van der Waals surface area (Å²) in [5.74, 6) is 0.833. The number of nitro groups is 1. The number of hydrogen-bond acceptors (Lipinski definition) is 5. The quantitative estimate of drug-likeness (QED) is 0.636. The third-order valence-electron chi connectivity index (χ3n) is 3.50. The second-order valence-electron chi connectivity index (χ2n) is 4.87. The third-order valence-corrected chi connectivity index (χ3v) is 3.50. The summed E-state index contributed by atoms with van der Waals surface area (Å²) < 4.78 is 0. The van der Waals surface area contributed by atoms with Gasteiger partial charge in [0.25, 0.3) is 5.69 Å². The number of hydrogen-bond donors (Lipinski definition) is 1. The lowest BCUT2D eigenvalue weighted by atomic mass is 9.96. The number of aliphatic hydroxyl groups is 1. The van der Waals surface area contributed by atoms with Crippen LogP contribution in [0.1, 0.15) is 18.9 Å². The Morgan fingerprint density at radius 3 is 2.94 bits per heavy atom. The molecule has 0 spiro atoms. The number of aryl methyl sites for hydroxylation is 1. The Bertz CT molecular complexity index is 464. The van der Waals surface area contributed by atoms with Gasteiger partial charge >= 0.3 is 0 Å². The van der Waals surface area contributed by atoms with E-state index in [-0.39, 0.29) is 11.6 Å². The molecule has 2 rings (SSSR count). The van der Waals surface area contributed by atoms with Crippen LogP contribution in [0.4, 0.5) is 11.5 Å². The molecule has 1 saturated heterocycles. The van der Waals surface area contributed by atoms with Crippen molar-refractivity contribution in [2.45, 2.75) is 26.4 Å². The third kappa shape index (κ3) is 2.43. The summed E-state index contributed by atoms with van der Waals surface area (Å²) in [6, 6.07) is 1.48. The van der Waals surface area contributed by atoms with Crippen LogP contribution >= 0.6 is 0 Å². The van der Waals surface area contributed by atoms with Crippen molar-refractivity contribution in [3.63, 3.8) is 0 Å². The van der Waals surface area contributed by atoms with Crippen LogP contribution in [0.25, 0.3) is 0 Å². The first-order valence-electron chi connectivity index (χ1n) is 6.03. The molecule has 98 valence electrons. The number of aliphatic hydroxyl groups excluding tert-OH is 1. The summed E-state index contributed by atoms with van der Waals surface area (Å²) in [6.45, 7) is 4.93. The largest absolute Gasteiger partial charge is 0.391 e. The molecule has 1 aliphatic rings. The molecule has 6 heteroatoms. The summed E-state index contributed by atoms with van der Waals surface area (Å²) in [4.78, 5) is 16.6. The fraction of sp³-hybridized carbons (Fsp3) is 0.583. The van der Waals surface area contributed by atoms with E-state index in [0.29, 0.717) is 17.9 Å². The highest BCUT2D eigenvalue weighted by Crippen LogP contribution is 2.26. The van der Waals surface area contributed by atoms with Crippen LogP contribution in [0.3, 0.4) is 0 Å². The number of piperidine rings is 1. The molecule has 1 fully saturated rings. The minimum atomic E-state index is -0.402. The van der Waals surface area contributed by atoms with Gasteiger partial charge in [-0.3, -0.25) is 10.1 Å². The second kappa shape index (κ2) is 4.89. The number of aromatic nitrogens is 1. The fourth-order valence-corrected chi connectivity index (χ4v) is 2.13. The van der Waals surface area contributed by atoms with E-state index in [1.807, 2.05) is 11.8 Å². The summed E-state index contributed by atoms with van der Waals surface area (Å²) in [5.41, 5.74) is 0.628. The normalized spacial score (nSPS) is 24.1. The van der Waals surface area contributed by atoms with E-state index in [1.165, 1.54) is 12.3 Å². The van der Waals surface area contributed by atoms with Crippen LogP contribution < -0.4 is 4.90 Å². The zero-order chi connectivity index (χ0) is 13.3. The maximum absolute atomic E-state index is 10.9. The summed E-state index contributed by atoms with van der Waals surface area (Å²) in [7, 11) is 0. The molecule has 0 amide bonds. The lowest BCUT2D eigenvalue weighted by Gasteiger charge is -2.34. The molecule has 0 saturated carbocycles. The summed E-state index contributed by atoms with van der Waals surface area (Å²) in [5, 5.41) is 20.7. The molecule has 1 aromatic heterocycles. The molecule has 18 heavy (non-hydrogen) atoms. The monoisotopic (exact) mass is 251 g/mol. The predicted octanol–water partition coefficient (Wildman–Crippen LogP) is 1.51. The smallest absolute Gasteiger partial charge is 0.277 e. The number of anilines is 1. The second-order valence-corrected chi connectivity index (χ2v) is 4.87. The first-order valence-corrected chi connectivity index (χ1v) is 6.03. The Morgan fingerprint density at radius 1 is 1.61 bits per heavy atom. The average Bonchev–Trinajstić information content (AvgIpc) is 2.33. The highest BCUT2D eigenvalue weighted by molar-refractivity contribution is 5.51. The molecule has 0 aromatic carbocycles. The van der Waals surface area contributed by atoms with Gasteiger partial charge in [-0.1, -0.05) is 6.92 Å². The minimum Gasteiger partial charge on any atom is -0.391 e. The number of β-amino-alcohol motifs (C(OH)–C–C–N with tert-alkyl or cyclic N) is 1. The van der Waals surface area contributed by atoms with E-state index in [9.17, 15) is 15.2 Å². The van der Waals surface area contributed by atoms with E-state index >= 15 is 0 Å². The Morgan fingerprint density at radius 2 is 2.33 bits per heavy atom. The summed E-state index contributed by atoms with van der Waals surface area (Å²) >= 11 is 0. The standard InChI is InChI=1S/C12H17N3O3/c1-8-3-4-14(7-11(8)16)12-5-10(15(17)18)9(2)6-13-12/h5-6,8,11,16H,3-4,7H2,1-2H3. The van der Waals surface area contributed by atoms with E-state index in [4.69, 9.17) is 0 Å². The van der Waals surface area contributed by atoms with Gasteiger partial charge in [-0.05, 0) is 19.3 Å². The van der Waals surface area contributed by atoms with Gasteiger partial charge in [-0.15, -0.1) is 0 Å². The van der Waals surface area contributed by atoms with Crippen LogP contribution in [0, 0.1) is 23.0 Å². The average molecular weight is 251 g/mol. The van der Waals surface area contributed by atoms with Crippen molar-refractivity contribution in [1.82, 2.24) is 4.98 Å². The van der Waals surface area contributed by atoms with Crippen molar-refractivity contribution in [3.8, 4) is 0 Å². The maximum atomic E-state index is 10.9. The van der Waals surface area contributed by atoms with E-state index in [2.05, 4.69) is 4.98 Å². The molecular weight excluding hydrogens is 234 g/mol. The first kappa shape index (κ1) is 12.8. The van der Waals surface area contributed by atoms with Crippen LogP contribution in [0.15, 0.2) is 12.3 Å². The molecule has 2 unspecified atom stereocenters. The minimum absolute atomic E-state index is 0.0770. The zero-order valence-corrected chi connectivity index (χ0v) is 10.5. The van der Waals surface area contributed by atoms with Crippen molar-refractivity contribution in [1.29, 1.82) is 0 Å². The van der Waals surface area contributed by atoms with Gasteiger partial charge in [-0.25, -0.2) is 4.98 Å². The van der Waals surface area contributed by atoms with Gasteiger partial charge in [0.2, 0.25) is 0 Å². The summed E-state index contributed by atoms with van der Waals surface area (Å²) in [6.07, 6.45) is 1.98. The zero-order valence-electron chi connectivity index (χ0n) is 10.5. The van der Waals surface area contributed by atoms with Crippen molar-refractivity contribution < 1.29 is 10.0 Å². The molecular formula is C12H17N3O3. The highest BCUT2D eigenvalue weighted by atomic mass is 16.6. The highest BCUT2D eigenvalue weighted by Gasteiger charge is 2.26. The van der Waals surface area contributed by atoms with E-state index < -0.39 is 11.0 Å². The van der Waals surface area contributed by atoms with Gasteiger partial charge in [0.1, 0.15) is 5.82 Å². The molecule has 0 aliphatic carbocycles. The maximum Gasteiger partial charge on any atom is 0.277 e. The van der Waals surface area contributed by atoms with Gasteiger partial charge in [0.05, 0.1) is 17.1 Å². The van der Waals surface area contributed by atoms with Gasteiger partial charge in [0, 0.05) is 24.8 Å². The Labute approximate surface area is 105 Å². The molecule has 0 radical (unpaired) electrons. The van der Waals surface area contributed by atoms with E-state index in [0.717, 1.165) is 13.0 Å². The molecule has 1 aromatic rings. The molecule has 6 nitrogen and oxygen atoms in total. The van der Waals surface area contributed by atoms with Gasteiger partial charge < -0.3 is 10.0 Å². The predicted molar refractivity (Wildman–Crippen MR) is 67.6 cm³/mol. The molecule has 2 heterocycles. The van der Waals surface area contributed by atoms with Gasteiger partial charge in [-0.2, -0.15) is 0 Å². The molecule has 1 N–H and O–H groups in total. The first-order chi connectivity index (χ1) is 8.49. The molecule has 2 atom stereocenters. The number of nitrogens with zero attached hydrogens (tertiary/aromatic N) is 3. The van der Waals surface area contributed by atoms with Crippen molar-refractivity contribution in [3.05, 3.63) is 27.9 Å². The van der Waals surface area contributed by atoms with E-state index in [1.54, 1.807) is 6.92 Å². The van der Waals surface area contributed by atoms with Crippen LogP contribution in [-0.2, 0) is 0 Å². The van der Waals surface area contributed by atoms with Crippen molar-refractivity contribution >= 4 is 11.5 Å². The Balaban J connectivity index is 2.24. The fourth-order valence-electron chi connectivity index (χ4n) is 2.13. The SMILES string of the molecule is Cc1cnc(N2CCC(C)C(O)C2)cc1[N+](=O)[O-]. The molecule has 1 aliphatic heterocycles. The number of pyridine rings is 1. The van der Waals surface area contributed by atoms with Gasteiger partial charge in [0.15, 0.2) is 0 Å². The lowest BCUT2D eigenvalue weighted by Crippen LogP contribution is -2.43. The van der Waals surface area contributed by atoms with Crippen molar-refractivity contribution in [2.75, 3.05) is 18.0 Å². The number of rotatable bonds is 2. The topological polar surface area (TPSA) is 79.5 Å². The Hall–Kier alpha value is -1.69. The van der Waals surface area contributed by atoms with Crippen molar-refractivity contribution in [2.24, 2.45) is 5.92 Å².